The monoisotopic (exact) mass is 372 g/mol. The lowest BCUT2D eigenvalue weighted by Crippen LogP contribution is -2.45. The van der Waals surface area contributed by atoms with Crippen molar-refractivity contribution < 1.29 is 4.74 Å². The number of piperidine rings is 1. The maximum Gasteiger partial charge on any atom is 0.127 e. The Morgan fingerprint density at radius 1 is 1.08 bits per heavy atom. The summed E-state index contributed by atoms with van der Waals surface area (Å²) >= 11 is 0. The molecule has 26 heavy (non-hydrogen) atoms. The Hall–Kier alpha value is -1.55. The number of benzene rings is 2. The molecular weight excluding hydrogens is 344 g/mol. The van der Waals surface area contributed by atoms with Crippen LogP contribution in [0.3, 0.4) is 0 Å². The SMILES string of the molecule is CC1Oc2c(CN[C@H]3CCCN[C@H]3c3ccccc3)cccc2C1C.Cl. The highest BCUT2D eigenvalue weighted by Gasteiger charge is 2.30. The van der Waals surface area contributed by atoms with Crippen LogP contribution < -0.4 is 15.4 Å². The van der Waals surface area contributed by atoms with Crippen molar-refractivity contribution in [2.24, 2.45) is 0 Å². The van der Waals surface area contributed by atoms with Crippen molar-refractivity contribution in [2.75, 3.05) is 6.54 Å². The van der Waals surface area contributed by atoms with Gasteiger partial charge < -0.3 is 15.4 Å². The Morgan fingerprint density at radius 2 is 1.88 bits per heavy atom. The number of halogens is 1. The minimum Gasteiger partial charge on any atom is -0.489 e. The molecule has 1 fully saturated rings. The minimum absolute atomic E-state index is 0. The molecule has 0 spiro atoms. The van der Waals surface area contributed by atoms with Crippen LogP contribution >= 0.6 is 12.4 Å². The number of hydrogen-bond acceptors (Lipinski definition) is 3. The van der Waals surface area contributed by atoms with Crippen LogP contribution in [0.2, 0.25) is 0 Å². The van der Waals surface area contributed by atoms with E-state index in [0.29, 0.717) is 18.0 Å². The maximum atomic E-state index is 6.15. The smallest absolute Gasteiger partial charge is 0.127 e. The van der Waals surface area contributed by atoms with Crippen LogP contribution in [0.25, 0.3) is 0 Å². The third-order valence-electron chi connectivity index (χ3n) is 5.80. The van der Waals surface area contributed by atoms with Crippen LogP contribution in [0, 0.1) is 0 Å². The first-order chi connectivity index (χ1) is 12.2. The number of ether oxygens (including phenoxy) is 1. The van der Waals surface area contributed by atoms with Crippen molar-refractivity contribution in [2.45, 2.75) is 57.3 Å². The van der Waals surface area contributed by atoms with E-state index in [0.717, 1.165) is 18.8 Å². The first-order valence-electron chi connectivity index (χ1n) is 9.54. The van der Waals surface area contributed by atoms with E-state index < -0.39 is 0 Å². The van der Waals surface area contributed by atoms with Gasteiger partial charge in [0.1, 0.15) is 11.9 Å². The second kappa shape index (κ2) is 8.43. The van der Waals surface area contributed by atoms with E-state index >= 15 is 0 Å². The van der Waals surface area contributed by atoms with Crippen LogP contribution in [-0.4, -0.2) is 18.7 Å². The molecule has 4 atom stereocenters. The average molecular weight is 373 g/mol. The number of hydrogen-bond donors (Lipinski definition) is 2. The summed E-state index contributed by atoms with van der Waals surface area (Å²) in [5.74, 6) is 1.58. The molecule has 2 unspecified atom stereocenters. The molecule has 0 saturated carbocycles. The molecule has 4 rings (SSSR count). The molecule has 2 aliphatic heterocycles. The lowest BCUT2D eigenvalue weighted by molar-refractivity contribution is 0.229. The van der Waals surface area contributed by atoms with Crippen molar-refractivity contribution in [1.82, 2.24) is 10.6 Å². The van der Waals surface area contributed by atoms with Crippen molar-refractivity contribution in [3.63, 3.8) is 0 Å². The Labute approximate surface area is 162 Å². The molecule has 2 aromatic rings. The zero-order chi connectivity index (χ0) is 17.2. The maximum absolute atomic E-state index is 6.15. The van der Waals surface area contributed by atoms with Gasteiger partial charge >= 0.3 is 0 Å². The molecule has 2 aromatic carbocycles. The third-order valence-corrected chi connectivity index (χ3v) is 5.80. The number of rotatable bonds is 4. The van der Waals surface area contributed by atoms with Gasteiger partial charge in [-0.2, -0.15) is 0 Å². The molecule has 4 heteroatoms. The summed E-state index contributed by atoms with van der Waals surface area (Å²) in [7, 11) is 0. The highest BCUT2D eigenvalue weighted by molar-refractivity contribution is 5.85. The summed E-state index contributed by atoms with van der Waals surface area (Å²) in [5, 5.41) is 7.50. The molecular formula is C22H29ClN2O. The van der Waals surface area contributed by atoms with Gasteiger partial charge in [0.15, 0.2) is 0 Å². The van der Waals surface area contributed by atoms with Crippen LogP contribution in [0.4, 0.5) is 0 Å². The van der Waals surface area contributed by atoms with E-state index in [2.05, 4.69) is 73.0 Å². The molecule has 140 valence electrons. The Bertz CT molecular complexity index is 721. The topological polar surface area (TPSA) is 33.3 Å². The van der Waals surface area contributed by atoms with E-state index in [1.807, 2.05) is 0 Å². The van der Waals surface area contributed by atoms with Crippen LogP contribution in [0.5, 0.6) is 5.75 Å². The Balaban J connectivity index is 0.00000196. The molecule has 0 amide bonds. The quantitative estimate of drug-likeness (QED) is 0.824. The fraction of sp³-hybridized carbons (Fsp3) is 0.455. The van der Waals surface area contributed by atoms with E-state index in [4.69, 9.17) is 4.74 Å². The Morgan fingerprint density at radius 3 is 2.69 bits per heavy atom. The summed E-state index contributed by atoms with van der Waals surface area (Å²) in [6.07, 6.45) is 2.69. The van der Waals surface area contributed by atoms with Crippen molar-refractivity contribution in [3.8, 4) is 5.75 Å². The normalized spacial score (nSPS) is 27.3. The van der Waals surface area contributed by atoms with Crippen molar-refractivity contribution in [1.29, 1.82) is 0 Å². The number of fused-ring (bicyclic) bond motifs is 1. The lowest BCUT2D eigenvalue weighted by atomic mass is 9.92. The summed E-state index contributed by atoms with van der Waals surface area (Å²) in [6.45, 7) is 6.37. The zero-order valence-electron chi connectivity index (χ0n) is 15.6. The largest absolute Gasteiger partial charge is 0.489 e. The fourth-order valence-corrected chi connectivity index (χ4v) is 4.15. The third kappa shape index (κ3) is 3.75. The summed E-state index contributed by atoms with van der Waals surface area (Å²) < 4.78 is 6.15. The first kappa shape index (κ1) is 19.2. The molecule has 1 saturated heterocycles. The van der Waals surface area contributed by atoms with Crippen molar-refractivity contribution in [3.05, 3.63) is 65.2 Å². The van der Waals surface area contributed by atoms with Gasteiger partial charge in [0.25, 0.3) is 0 Å². The van der Waals surface area contributed by atoms with E-state index in [1.54, 1.807) is 0 Å². The fourth-order valence-electron chi connectivity index (χ4n) is 4.15. The highest BCUT2D eigenvalue weighted by atomic mass is 35.5. The second-order valence-electron chi connectivity index (χ2n) is 7.42. The molecule has 3 nitrogen and oxygen atoms in total. The lowest BCUT2D eigenvalue weighted by Gasteiger charge is -2.34. The van der Waals surface area contributed by atoms with E-state index in [1.165, 1.54) is 29.5 Å². The second-order valence-corrected chi connectivity index (χ2v) is 7.42. The molecule has 0 aromatic heterocycles. The van der Waals surface area contributed by atoms with Gasteiger partial charge in [-0.25, -0.2) is 0 Å². The standard InChI is InChI=1S/C22H28N2O.ClH/c1-15-16(2)25-22-18(10-6-11-19(15)22)14-24-20-12-7-13-23-21(20)17-8-4-3-5-9-17;/h3-6,8-11,15-16,20-21,23-24H,7,12-14H2,1-2H3;1H/t15?,16?,20-,21-;/m0./s1. The summed E-state index contributed by atoms with van der Waals surface area (Å²) in [4.78, 5) is 0. The van der Waals surface area contributed by atoms with Gasteiger partial charge in [0.05, 0.1) is 0 Å². The molecule has 0 radical (unpaired) electrons. The highest BCUT2D eigenvalue weighted by Crippen LogP contribution is 2.40. The predicted molar refractivity (Wildman–Crippen MR) is 109 cm³/mol. The first-order valence-corrected chi connectivity index (χ1v) is 9.54. The number of nitrogens with one attached hydrogen (secondary N) is 2. The zero-order valence-corrected chi connectivity index (χ0v) is 16.4. The van der Waals surface area contributed by atoms with Gasteiger partial charge in [-0.05, 0) is 31.9 Å². The predicted octanol–water partition coefficient (Wildman–Crippen LogP) is 4.58. The van der Waals surface area contributed by atoms with Gasteiger partial charge in [-0.15, -0.1) is 12.4 Å². The minimum atomic E-state index is 0. The van der Waals surface area contributed by atoms with Crippen LogP contribution in [0.1, 0.15) is 55.3 Å². The van der Waals surface area contributed by atoms with Crippen LogP contribution in [-0.2, 0) is 6.54 Å². The molecule has 2 heterocycles. The molecule has 0 aliphatic carbocycles. The van der Waals surface area contributed by atoms with Gasteiger partial charge in [-0.1, -0.05) is 55.5 Å². The van der Waals surface area contributed by atoms with E-state index in [9.17, 15) is 0 Å². The summed E-state index contributed by atoms with van der Waals surface area (Å²) in [6, 6.07) is 18.2. The van der Waals surface area contributed by atoms with Crippen molar-refractivity contribution >= 4 is 12.4 Å². The average Bonchev–Trinajstić information content (AvgIpc) is 2.96. The molecule has 0 bridgehead atoms. The van der Waals surface area contributed by atoms with Crippen LogP contribution in [0.15, 0.2) is 48.5 Å². The number of para-hydroxylation sites is 1. The van der Waals surface area contributed by atoms with Gasteiger partial charge in [0.2, 0.25) is 0 Å². The van der Waals surface area contributed by atoms with Gasteiger partial charge in [0, 0.05) is 35.7 Å². The van der Waals surface area contributed by atoms with E-state index in [-0.39, 0.29) is 18.5 Å². The molecule has 2 N–H and O–H groups in total. The van der Waals surface area contributed by atoms with Gasteiger partial charge in [-0.3, -0.25) is 0 Å². The Kier molecular flexibility index (Phi) is 6.23. The molecule has 2 aliphatic rings. The summed E-state index contributed by atoms with van der Waals surface area (Å²) in [5.41, 5.74) is 4.01.